The van der Waals surface area contributed by atoms with Gasteiger partial charge in [0.2, 0.25) is 10.0 Å². The predicted octanol–water partition coefficient (Wildman–Crippen LogP) is 2.17. The lowest BCUT2D eigenvalue weighted by Crippen LogP contribution is -2.49. The second kappa shape index (κ2) is 7.92. The fourth-order valence-electron chi connectivity index (χ4n) is 3.72. The van der Waals surface area contributed by atoms with Crippen molar-refractivity contribution in [1.82, 2.24) is 29.3 Å². The van der Waals surface area contributed by atoms with Crippen molar-refractivity contribution in [3.05, 3.63) is 66.2 Å². The van der Waals surface area contributed by atoms with E-state index in [4.69, 9.17) is 0 Å². The van der Waals surface area contributed by atoms with Crippen LogP contribution in [0.25, 0.3) is 16.9 Å². The van der Waals surface area contributed by atoms with Gasteiger partial charge in [0, 0.05) is 26.2 Å². The average Bonchev–Trinajstić information content (AvgIpc) is 3.24. The molecule has 0 spiro atoms. The minimum absolute atomic E-state index is 0.0813. The normalized spacial score (nSPS) is 15.4. The van der Waals surface area contributed by atoms with Crippen molar-refractivity contribution in [2.75, 3.05) is 31.1 Å². The molecule has 1 saturated heterocycles. The number of fused-ring (bicyclic) bond motifs is 1. The summed E-state index contributed by atoms with van der Waals surface area (Å²) in [5, 5.41) is 8.55. The molecule has 3 heterocycles. The van der Waals surface area contributed by atoms with Gasteiger partial charge in [-0.2, -0.15) is 8.99 Å². The zero-order chi connectivity index (χ0) is 22.3. The maximum atomic E-state index is 13.2. The van der Waals surface area contributed by atoms with Crippen LogP contribution in [-0.4, -0.2) is 63.9 Å². The highest BCUT2D eigenvalue weighted by Gasteiger charge is 2.30. The third-order valence-corrected chi connectivity index (χ3v) is 7.40. The molecule has 5 rings (SSSR count). The zero-order valence-electron chi connectivity index (χ0n) is 17.3. The van der Waals surface area contributed by atoms with Crippen LogP contribution in [0.4, 0.5) is 10.2 Å². The van der Waals surface area contributed by atoms with Crippen LogP contribution in [0.2, 0.25) is 0 Å². The fourth-order valence-corrected chi connectivity index (χ4v) is 5.15. The Bertz CT molecular complexity index is 1360. The summed E-state index contributed by atoms with van der Waals surface area (Å²) in [5.74, 6) is 0.146. The lowest BCUT2D eigenvalue weighted by atomic mass is 10.2. The molecule has 4 aromatic rings. The van der Waals surface area contributed by atoms with Crippen molar-refractivity contribution in [3.8, 4) is 5.69 Å². The van der Waals surface area contributed by atoms with Crippen molar-refractivity contribution in [3.63, 3.8) is 0 Å². The predicted molar refractivity (Wildman–Crippen MR) is 117 cm³/mol. The topological polar surface area (TPSA) is 97.1 Å². The zero-order valence-corrected chi connectivity index (χ0v) is 18.1. The van der Waals surface area contributed by atoms with Crippen molar-refractivity contribution in [1.29, 1.82) is 0 Å². The van der Waals surface area contributed by atoms with Gasteiger partial charge < -0.3 is 4.90 Å². The second-order valence-electron chi connectivity index (χ2n) is 7.55. The van der Waals surface area contributed by atoms with Crippen LogP contribution in [0.1, 0.15) is 5.56 Å². The van der Waals surface area contributed by atoms with E-state index in [1.807, 2.05) is 36.1 Å². The van der Waals surface area contributed by atoms with E-state index in [1.165, 1.54) is 22.8 Å². The molecule has 1 aliphatic rings. The van der Waals surface area contributed by atoms with Gasteiger partial charge in [-0.3, -0.25) is 0 Å². The smallest absolute Gasteiger partial charge is 0.243 e. The molecule has 0 unspecified atom stereocenters. The third-order valence-electron chi connectivity index (χ3n) is 5.49. The number of benzene rings is 2. The summed E-state index contributed by atoms with van der Waals surface area (Å²) in [6.45, 7) is 3.43. The van der Waals surface area contributed by atoms with Gasteiger partial charge in [0.05, 0.1) is 10.6 Å². The highest BCUT2D eigenvalue weighted by molar-refractivity contribution is 7.89. The van der Waals surface area contributed by atoms with E-state index in [0.717, 1.165) is 23.4 Å². The Labute approximate surface area is 184 Å². The lowest BCUT2D eigenvalue weighted by Gasteiger charge is -2.34. The lowest BCUT2D eigenvalue weighted by molar-refractivity contribution is 0.384. The van der Waals surface area contributed by atoms with Crippen LogP contribution < -0.4 is 4.90 Å². The molecule has 2 aromatic heterocycles. The number of rotatable bonds is 4. The molecule has 9 nitrogen and oxygen atoms in total. The molecule has 0 amide bonds. The molecule has 11 heteroatoms. The fraction of sp³-hybridized carbons (Fsp3) is 0.238. The van der Waals surface area contributed by atoms with Crippen LogP contribution in [0.15, 0.2) is 59.8 Å². The Morgan fingerprint density at radius 2 is 1.59 bits per heavy atom. The molecule has 2 aromatic carbocycles. The Kier molecular flexibility index (Phi) is 5.06. The van der Waals surface area contributed by atoms with Crippen LogP contribution in [-0.2, 0) is 10.0 Å². The largest absolute Gasteiger partial charge is 0.352 e. The van der Waals surface area contributed by atoms with Gasteiger partial charge >= 0.3 is 0 Å². The number of nitrogens with zero attached hydrogens (tertiary/aromatic N) is 7. The molecule has 1 fully saturated rings. The van der Waals surface area contributed by atoms with Gasteiger partial charge in [0.25, 0.3) is 0 Å². The van der Waals surface area contributed by atoms with Gasteiger partial charge in [-0.1, -0.05) is 22.9 Å². The first kappa shape index (κ1) is 20.5. The van der Waals surface area contributed by atoms with E-state index in [1.54, 1.807) is 4.68 Å². The van der Waals surface area contributed by atoms with Gasteiger partial charge in [0.15, 0.2) is 17.0 Å². The monoisotopic (exact) mass is 453 g/mol. The Morgan fingerprint density at radius 1 is 0.906 bits per heavy atom. The van der Waals surface area contributed by atoms with E-state index >= 15 is 0 Å². The molecule has 0 aliphatic carbocycles. The first-order chi connectivity index (χ1) is 15.4. The quantitative estimate of drug-likeness (QED) is 0.467. The summed E-state index contributed by atoms with van der Waals surface area (Å²) in [4.78, 5) is 10.8. The van der Waals surface area contributed by atoms with Crippen LogP contribution in [0.5, 0.6) is 0 Å². The molecule has 0 N–H and O–H groups in total. The van der Waals surface area contributed by atoms with Crippen molar-refractivity contribution >= 4 is 27.0 Å². The molecule has 0 atom stereocenters. The maximum absolute atomic E-state index is 13.2. The minimum atomic E-state index is -3.69. The maximum Gasteiger partial charge on any atom is 0.243 e. The molecule has 164 valence electrons. The van der Waals surface area contributed by atoms with E-state index < -0.39 is 15.8 Å². The Morgan fingerprint density at radius 3 is 2.28 bits per heavy atom. The third kappa shape index (κ3) is 3.59. The van der Waals surface area contributed by atoms with Gasteiger partial charge in [-0.05, 0) is 43.3 Å². The standard InChI is InChI=1S/C21H20FN7O2S/c1-15-2-6-17(7-3-15)29-21-19(25-26-29)20(23-14-24-21)27-10-12-28(13-11-27)32(30,31)18-8-4-16(22)5-9-18/h2-9,14H,10-13H2,1H3. The van der Waals surface area contributed by atoms with E-state index in [0.29, 0.717) is 30.1 Å². The minimum Gasteiger partial charge on any atom is -0.352 e. The summed E-state index contributed by atoms with van der Waals surface area (Å²) in [6.07, 6.45) is 1.47. The number of aromatic nitrogens is 5. The Hall–Kier alpha value is -3.44. The van der Waals surface area contributed by atoms with Gasteiger partial charge in [0.1, 0.15) is 12.1 Å². The Balaban J connectivity index is 1.38. The highest BCUT2D eigenvalue weighted by Crippen LogP contribution is 2.25. The molecule has 0 saturated carbocycles. The highest BCUT2D eigenvalue weighted by atomic mass is 32.2. The molecule has 0 bridgehead atoms. The number of anilines is 1. The molecular weight excluding hydrogens is 433 g/mol. The molecule has 1 aliphatic heterocycles. The first-order valence-electron chi connectivity index (χ1n) is 10.1. The number of halogens is 1. The average molecular weight is 454 g/mol. The van der Waals surface area contributed by atoms with Gasteiger partial charge in [-0.15, -0.1) is 5.10 Å². The van der Waals surface area contributed by atoms with Crippen molar-refractivity contribution in [2.45, 2.75) is 11.8 Å². The summed E-state index contributed by atoms with van der Waals surface area (Å²) in [7, 11) is -3.69. The van der Waals surface area contributed by atoms with Gasteiger partial charge in [-0.25, -0.2) is 22.8 Å². The number of sulfonamides is 1. The summed E-state index contributed by atoms with van der Waals surface area (Å²) < 4.78 is 42.0. The van der Waals surface area contributed by atoms with E-state index in [-0.39, 0.29) is 18.0 Å². The number of hydrogen-bond donors (Lipinski definition) is 0. The van der Waals surface area contributed by atoms with Crippen LogP contribution in [0.3, 0.4) is 0 Å². The number of hydrogen-bond acceptors (Lipinski definition) is 7. The summed E-state index contributed by atoms with van der Waals surface area (Å²) in [5.41, 5.74) is 3.13. The summed E-state index contributed by atoms with van der Waals surface area (Å²) >= 11 is 0. The SMILES string of the molecule is Cc1ccc(-n2nnc3c(N4CCN(S(=O)(=O)c5ccc(F)cc5)CC4)ncnc32)cc1. The summed E-state index contributed by atoms with van der Waals surface area (Å²) in [6, 6.07) is 12.8. The molecule has 0 radical (unpaired) electrons. The van der Waals surface area contributed by atoms with E-state index in [9.17, 15) is 12.8 Å². The number of aryl methyl sites for hydroxylation is 1. The molecular formula is C21H20FN7O2S. The number of piperazine rings is 1. The second-order valence-corrected chi connectivity index (χ2v) is 9.49. The van der Waals surface area contributed by atoms with Crippen molar-refractivity contribution < 1.29 is 12.8 Å². The van der Waals surface area contributed by atoms with Crippen LogP contribution in [0, 0.1) is 12.7 Å². The van der Waals surface area contributed by atoms with Crippen molar-refractivity contribution in [2.24, 2.45) is 0 Å². The first-order valence-corrected chi connectivity index (χ1v) is 11.5. The molecule has 32 heavy (non-hydrogen) atoms. The van der Waals surface area contributed by atoms with E-state index in [2.05, 4.69) is 20.3 Å². The van der Waals surface area contributed by atoms with Crippen LogP contribution >= 0.6 is 0 Å².